The second-order valence-corrected chi connectivity index (χ2v) is 4.98. The van der Waals surface area contributed by atoms with Gasteiger partial charge in [-0.2, -0.15) is 0 Å². The molecule has 1 aromatic rings. The van der Waals surface area contributed by atoms with Crippen LogP contribution in [0.4, 0.5) is 0 Å². The highest BCUT2D eigenvalue weighted by Crippen LogP contribution is 2.12. The first-order chi connectivity index (χ1) is 8.77. The number of hydrogen-bond donors (Lipinski definition) is 1. The van der Waals surface area contributed by atoms with E-state index < -0.39 is 0 Å². The predicted molar refractivity (Wildman–Crippen MR) is 81.7 cm³/mol. The van der Waals surface area contributed by atoms with E-state index in [0.29, 0.717) is 6.04 Å². The smallest absolute Gasteiger partial charge is 0.0208 e. The van der Waals surface area contributed by atoms with Gasteiger partial charge in [0.05, 0.1) is 0 Å². The Morgan fingerprint density at radius 3 is 2.44 bits per heavy atom. The van der Waals surface area contributed by atoms with Crippen molar-refractivity contribution < 1.29 is 0 Å². The molecule has 0 aliphatic carbocycles. The quantitative estimate of drug-likeness (QED) is 0.668. The fraction of sp³-hybridized carbons (Fsp3) is 0.529. The zero-order chi connectivity index (χ0) is 13.2. The molecule has 0 aliphatic rings. The number of unbranched alkanes of at least 4 members (excludes halogenated alkanes) is 1. The molecule has 0 bridgehead atoms. The minimum absolute atomic E-state index is 0.649. The first-order valence-corrected chi connectivity index (χ1v) is 7.24. The fourth-order valence-corrected chi connectivity index (χ4v) is 2.19. The lowest BCUT2D eigenvalue weighted by molar-refractivity contribution is 0.455. The highest BCUT2D eigenvalue weighted by atomic mass is 14.9. The number of benzene rings is 1. The molecule has 1 N–H and O–H groups in total. The van der Waals surface area contributed by atoms with Crippen molar-refractivity contribution in [2.45, 2.75) is 52.0 Å². The lowest BCUT2D eigenvalue weighted by Crippen LogP contribution is -2.30. The SMILES string of the molecule is C=C(CNC(CCC)CCCC)c1ccccc1. The number of hydrogen-bond acceptors (Lipinski definition) is 1. The third-order valence-corrected chi connectivity index (χ3v) is 3.33. The second kappa shape index (κ2) is 8.93. The van der Waals surface area contributed by atoms with Gasteiger partial charge in [0.2, 0.25) is 0 Å². The van der Waals surface area contributed by atoms with Gasteiger partial charge in [0.15, 0.2) is 0 Å². The minimum atomic E-state index is 0.649. The van der Waals surface area contributed by atoms with E-state index in [2.05, 4.69) is 50.0 Å². The van der Waals surface area contributed by atoms with Crippen LogP contribution in [0, 0.1) is 0 Å². The largest absolute Gasteiger partial charge is 0.310 e. The summed E-state index contributed by atoms with van der Waals surface area (Å²) in [6, 6.07) is 11.1. The van der Waals surface area contributed by atoms with Crippen molar-refractivity contribution in [1.29, 1.82) is 0 Å². The first kappa shape index (κ1) is 15.0. The highest BCUT2D eigenvalue weighted by Gasteiger charge is 2.07. The molecule has 1 rings (SSSR count). The second-order valence-electron chi connectivity index (χ2n) is 4.98. The number of nitrogens with one attached hydrogen (secondary N) is 1. The summed E-state index contributed by atoms with van der Waals surface area (Å²) in [7, 11) is 0. The predicted octanol–water partition coefficient (Wildman–Crippen LogP) is 4.65. The molecule has 0 radical (unpaired) electrons. The zero-order valence-electron chi connectivity index (χ0n) is 11.9. The van der Waals surface area contributed by atoms with Gasteiger partial charge in [0.25, 0.3) is 0 Å². The summed E-state index contributed by atoms with van der Waals surface area (Å²) in [6.45, 7) is 9.59. The van der Waals surface area contributed by atoms with Gasteiger partial charge in [-0.25, -0.2) is 0 Å². The van der Waals surface area contributed by atoms with Crippen LogP contribution in [0.15, 0.2) is 36.9 Å². The normalized spacial score (nSPS) is 12.3. The third kappa shape index (κ3) is 5.50. The van der Waals surface area contributed by atoms with Gasteiger partial charge in [-0.05, 0) is 24.0 Å². The summed E-state index contributed by atoms with van der Waals surface area (Å²) < 4.78 is 0. The molecule has 0 aromatic heterocycles. The van der Waals surface area contributed by atoms with E-state index >= 15 is 0 Å². The molecule has 0 aliphatic heterocycles. The summed E-state index contributed by atoms with van der Waals surface area (Å²) in [5.74, 6) is 0. The molecule has 100 valence electrons. The van der Waals surface area contributed by atoms with Crippen LogP contribution in [0.3, 0.4) is 0 Å². The Balaban J connectivity index is 2.39. The molecule has 1 nitrogen and oxygen atoms in total. The van der Waals surface area contributed by atoms with Crippen LogP contribution in [0.1, 0.15) is 51.5 Å². The van der Waals surface area contributed by atoms with Gasteiger partial charge >= 0.3 is 0 Å². The molecule has 1 atom stereocenters. The molecular weight excluding hydrogens is 218 g/mol. The third-order valence-electron chi connectivity index (χ3n) is 3.33. The van der Waals surface area contributed by atoms with Crippen LogP contribution in [-0.2, 0) is 0 Å². The van der Waals surface area contributed by atoms with E-state index in [1.807, 2.05) is 6.07 Å². The van der Waals surface area contributed by atoms with Crippen LogP contribution in [-0.4, -0.2) is 12.6 Å². The van der Waals surface area contributed by atoms with Gasteiger partial charge in [0.1, 0.15) is 0 Å². The van der Waals surface area contributed by atoms with Gasteiger partial charge < -0.3 is 5.32 Å². The van der Waals surface area contributed by atoms with E-state index in [9.17, 15) is 0 Å². The van der Waals surface area contributed by atoms with Crippen molar-refractivity contribution in [3.63, 3.8) is 0 Å². The van der Waals surface area contributed by atoms with Crippen molar-refractivity contribution in [2.24, 2.45) is 0 Å². The van der Waals surface area contributed by atoms with E-state index in [1.54, 1.807) is 0 Å². The van der Waals surface area contributed by atoms with E-state index in [-0.39, 0.29) is 0 Å². The maximum atomic E-state index is 4.17. The lowest BCUT2D eigenvalue weighted by Gasteiger charge is -2.18. The van der Waals surface area contributed by atoms with Crippen molar-refractivity contribution in [2.75, 3.05) is 6.54 Å². The van der Waals surface area contributed by atoms with Crippen LogP contribution in [0.5, 0.6) is 0 Å². The Morgan fingerprint density at radius 2 is 1.83 bits per heavy atom. The highest BCUT2D eigenvalue weighted by molar-refractivity contribution is 5.64. The Bertz CT molecular complexity index is 329. The summed E-state index contributed by atoms with van der Waals surface area (Å²) in [5, 5.41) is 3.65. The first-order valence-electron chi connectivity index (χ1n) is 7.24. The Kier molecular flexibility index (Phi) is 7.43. The molecule has 0 heterocycles. The fourth-order valence-electron chi connectivity index (χ4n) is 2.19. The standard InChI is InChI=1S/C17H27N/c1-4-6-13-17(10-5-2)18-14-15(3)16-11-8-7-9-12-16/h7-9,11-12,17-18H,3-6,10,13-14H2,1-2H3. The van der Waals surface area contributed by atoms with E-state index in [1.165, 1.54) is 43.2 Å². The molecule has 0 saturated carbocycles. The average Bonchev–Trinajstić information content (AvgIpc) is 2.42. The van der Waals surface area contributed by atoms with E-state index in [4.69, 9.17) is 0 Å². The van der Waals surface area contributed by atoms with Crippen molar-refractivity contribution in [3.05, 3.63) is 42.5 Å². The van der Waals surface area contributed by atoms with Gasteiger partial charge in [0, 0.05) is 12.6 Å². The Labute approximate surface area is 112 Å². The lowest BCUT2D eigenvalue weighted by atomic mass is 10.0. The van der Waals surface area contributed by atoms with E-state index in [0.717, 1.165) is 6.54 Å². The average molecular weight is 245 g/mol. The Hall–Kier alpha value is -1.08. The maximum absolute atomic E-state index is 4.17. The van der Waals surface area contributed by atoms with Crippen molar-refractivity contribution in [3.8, 4) is 0 Å². The summed E-state index contributed by atoms with van der Waals surface area (Å²) in [5.41, 5.74) is 2.43. The van der Waals surface area contributed by atoms with Gasteiger partial charge in [-0.15, -0.1) is 0 Å². The zero-order valence-corrected chi connectivity index (χ0v) is 11.9. The molecule has 1 aromatic carbocycles. The summed E-state index contributed by atoms with van der Waals surface area (Å²) >= 11 is 0. The van der Waals surface area contributed by atoms with Crippen LogP contribution in [0.2, 0.25) is 0 Å². The molecule has 1 unspecified atom stereocenters. The summed E-state index contributed by atoms with van der Waals surface area (Å²) in [6.07, 6.45) is 6.39. The minimum Gasteiger partial charge on any atom is -0.310 e. The van der Waals surface area contributed by atoms with Gasteiger partial charge in [-0.1, -0.05) is 70.0 Å². The van der Waals surface area contributed by atoms with Gasteiger partial charge in [-0.3, -0.25) is 0 Å². The molecule has 0 saturated heterocycles. The molecule has 18 heavy (non-hydrogen) atoms. The van der Waals surface area contributed by atoms with Crippen molar-refractivity contribution in [1.82, 2.24) is 5.32 Å². The maximum Gasteiger partial charge on any atom is 0.0208 e. The topological polar surface area (TPSA) is 12.0 Å². The monoisotopic (exact) mass is 245 g/mol. The molecule has 0 amide bonds. The van der Waals surface area contributed by atoms with Crippen molar-refractivity contribution >= 4 is 5.57 Å². The molecule has 0 spiro atoms. The molecule has 0 fully saturated rings. The summed E-state index contributed by atoms with van der Waals surface area (Å²) in [4.78, 5) is 0. The van der Waals surface area contributed by atoms with Crippen LogP contribution >= 0.6 is 0 Å². The molecule has 1 heteroatoms. The Morgan fingerprint density at radius 1 is 1.11 bits per heavy atom. The van der Waals surface area contributed by atoms with Crippen LogP contribution in [0.25, 0.3) is 5.57 Å². The van der Waals surface area contributed by atoms with Crippen LogP contribution < -0.4 is 5.32 Å². The number of rotatable bonds is 9. The molecular formula is C17H27N.